The van der Waals surface area contributed by atoms with Gasteiger partial charge in [0.25, 0.3) is 5.69 Å². The number of nitrogens with zero attached hydrogens (tertiary/aromatic N) is 3. The van der Waals surface area contributed by atoms with Gasteiger partial charge in [0, 0.05) is 22.6 Å². The minimum absolute atomic E-state index is 0.0705. The summed E-state index contributed by atoms with van der Waals surface area (Å²) in [6.07, 6.45) is 1.43. The lowest BCUT2D eigenvalue weighted by Gasteiger charge is -2.12. The molecular formula is C20H15FN4O3S. The highest BCUT2D eigenvalue weighted by molar-refractivity contribution is 7.19. The Balaban J connectivity index is 1.89. The Kier molecular flexibility index (Phi) is 4.81. The molecule has 2 aromatic carbocycles. The van der Waals surface area contributed by atoms with Crippen LogP contribution in [-0.4, -0.2) is 22.0 Å². The molecule has 0 bridgehead atoms. The molecule has 0 spiro atoms. The third-order valence-electron chi connectivity index (χ3n) is 4.44. The molecular weight excluding hydrogens is 395 g/mol. The van der Waals surface area contributed by atoms with E-state index in [1.54, 1.807) is 12.1 Å². The summed E-state index contributed by atoms with van der Waals surface area (Å²) >= 11 is 1.50. The maximum absolute atomic E-state index is 13.4. The Labute approximate surface area is 169 Å². The molecule has 4 aromatic rings. The van der Waals surface area contributed by atoms with Gasteiger partial charge in [-0.05, 0) is 30.7 Å². The van der Waals surface area contributed by atoms with Crippen molar-refractivity contribution in [3.63, 3.8) is 0 Å². The zero-order chi connectivity index (χ0) is 20.5. The van der Waals surface area contributed by atoms with Crippen LogP contribution >= 0.6 is 11.3 Å². The maximum atomic E-state index is 13.4. The number of nitrogens with one attached hydrogen (secondary N) is 1. The molecule has 9 heteroatoms. The Morgan fingerprint density at radius 3 is 2.62 bits per heavy atom. The highest BCUT2D eigenvalue weighted by Crippen LogP contribution is 2.42. The Morgan fingerprint density at radius 1 is 1.17 bits per heavy atom. The van der Waals surface area contributed by atoms with Crippen LogP contribution in [0, 0.1) is 22.9 Å². The van der Waals surface area contributed by atoms with Crippen LogP contribution in [0.4, 0.5) is 21.6 Å². The first-order valence-corrected chi connectivity index (χ1v) is 9.39. The molecule has 0 aliphatic heterocycles. The van der Waals surface area contributed by atoms with Crippen molar-refractivity contribution in [3.8, 4) is 16.9 Å². The quantitative estimate of drug-likeness (QED) is 0.347. The number of ether oxygens (including phenoxy) is 1. The van der Waals surface area contributed by atoms with E-state index < -0.39 is 4.92 Å². The van der Waals surface area contributed by atoms with E-state index in [0.717, 1.165) is 26.2 Å². The van der Waals surface area contributed by atoms with E-state index in [1.165, 1.54) is 55.1 Å². The first kappa shape index (κ1) is 18.8. The number of aryl methyl sites for hydroxylation is 1. The molecule has 0 radical (unpaired) electrons. The molecule has 0 saturated heterocycles. The SMILES string of the molecule is COc1ccc([N+](=O)[O-])cc1Nc1ncnc2sc(C)c(-c3ccc(F)cc3)c12. The average Bonchev–Trinajstić information content (AvgIpc) is 3.05. The van der Waals surface area contributed by atoms with Crippen molar-refractivity contribution >= 4 is 38.7 Å². The first-order chi connectivity index (χ1) is 14.0. The molecule has 0 aliphatic carbocycles. The zero-order valence-electron chi connectivity index (χ0n) is 15.5. The van der Waals surface area contributed by atoms with Crippen LogP contribution in [0.15, 0.2) is 48.8 Å². The summed E-state index contributed by atoms with van der Waals surface area (Å²) in [4.78, 5) is 21.2. The van der Waals surface area contributed by atoms with Gasteiger partial charge in [0.1, 0.15) is 28.5 Å². The van der Waals surface area contributed by atoms with Crippen LogP contribution in [0.1, 0.15) is 4.88 Å². The molecule has 0 fully saturated rings. The van der Waals surface area contributed by atoms with Gasteiger partial charge in [-0.15, -0.1) is 11.3 Å². The highest BCUT2D eigenvalue weighted by atomic mass is 32.1. The Bertz CT molecular complexity index is 1220. The second kappa shape index (κ2) is 7.44. The van der Waals surface area contributed by atoms with Gasteiger partial charge in [-0.1, -0.05) is 12.1 Å². The van der Waals surface area contributed by atoms with Crippen molar-refractivity contribution in [2.24, 2.45) is 0 Å². The lowest BCUT2D eigenvalue weighted by atomic mass is 10.0. The molecule has 29 heavy (non-hydrogen) atoms. The molecule has 146 valence electrons. The fraction of sp³-hybridized carbons (Fsp3) is 0.100. The number of aromatic nitrogens is 2. The summed E-state index contributed by atoms with van der Waals surface area (Å²) < 4.78 is 18.7. The number of thiophene rings is 1. The topological polar surface area (TPSA) is 90.2 Å². The first-order valence-electron chi connectivity index (χ1n) is 8.57. The van der Waals surface area contributed by atoms with Gasteiger partial charge in [-0.25, -0.2) is 14.4 Å². The summed E-state index contributed by atoms with van der Waals surface area (Å²) in [7, 11) is 1.49. The molecule has 2 aromatic heterocycles. The predicted molar refractivity (Wildman–Crippen MR) is 110 cm³/mol. The fourth-order valence-electron chi connectivity index (χ4n) is 3.14. The van der Waals surface area contributed by atoms with Crippen LogP contribution in [0.25, 0.3) is 21.3 Å². The minimum Gasteiger partial charge on any atom is -0.495 e. The van der Waals surface area contributed by atoms with Gasteiger partial charge in [0.15, 0.2) is 0 Å². The number of benzene rings is 2. The Hall–Kier alpha value is -3.59. The molecule has 0 saturated carbocycles. The molecule has 1 N–H and O–H groups in total. The number of halogens is 1. The van der Waals surface area contributed by atoms with Crippen LogP contribution in [0.5, 0.6) is 5.75 Å². The van der Waals surface area contributed by atoms with E-state index in [9.17, 15) is 14.5 Å². The van der Waals surface area contributed by atoms with Crippen molar-refractivity contribution in [2.75, 3.05) is 12.4 Å². The molecule has 0 aliphatic rings. The van der Waals surface area contributed by atoms with Crippen molar-refractivity contribution in [3.05, 3.63) is 69.6 Å². The number of hydrogen-bond acceptors (Lipinski definition) is 7. The second-order valence-electron chi connectivity index (χ2n) is 6.21. The second-order valence-corrected chi connectivity index (χ2v) is 7.41. The number of methoxy groups -OCH3 is 1. The van der Waals surface area contributed by atoms with E-state index >= 15 is 0 Å². The molecule has 4 rings (SSSR count). The van der Waals surface area contributed by atoms with Crippen molar-refractivity contribution in [1.29, 1.82) is 0 Å². The van der Waals surface area contributed by atoms with Crippen molar-refractivity contribution in [2.45, 2.75) is 6.92 Å². The highest BCUT2D eigenvalue weighted by Gasteiger charge is 2.19. The number of nitro benzene ring substituents is 1. The number of nitro groups is 1. The van der Waals surface area contributed by atoms with E-state index in [-0.39, 0.29) is 11.5 Å². The normalized spacial score (nSPS) is 10.9. The van der Waals surface area contributed by atoms with Crippen LogP contribution in [-0.2, 0) is 0 Å². The molecule has 2 heterocycles. The average molecular weight is 410 g/mol. The van der Waals surface area contributed by atoms with Crippen LogP contribution in [0.3, 0.4) is 0 Å². The largest absolute Gasteiger partial charge is 0.495 e. The number of fused-ring (bicyclic) bond motifs is 1. The lowest BCUT2D eigenvalue weighted by molar-refractivity contribution is -0.384. The van der Waals surface area contributed by atoms with Crippen molar-refractivity contribution < 1.29 is 14.1 Å². The van der Waals surface area contributed by atoms with Crippen LogP contribution < -0.4 is 10.1 Å². The van der Waals surface area contributed by atoms with E-state index in [0.29, 0.717) is 17.3 Å². The monoisotopic (exact) mass is 410 g/mol. The number of hydrogen-bond donors (Lipinski definition) is 1. The summed E-state index contributed by atoms with van der Waals surface area (Å²) in [5.41, 5.74) is 2.06. The minimum atomic E-state index is -0.473. The number of anilines is 2. The molecule has 0 atom stereocenters. The number of non-ortho nitro benzene ring substituents is 1. The summed E-state index contributed by atoms with van der Waals surface area (Å²) in [6.45, 7) is 1.96. The van der Waals surface area contributed by atoms with Gasteiger partial charge in [-0.3, -0.25) is 10.1 Å². The van der Waals surface area contributed by atoms with Crippen molar-refractivity contribution in [1.82, 2.24) is 9.97 Å². The summed E-state index contributed by atoms with van der Waals surface area (Å²) in [5.74, 6) is 0.608. The molecule has 0 unspecified atom stereocenters. The lowest BCUT2D eigenvalue weighted by Crippen LogP contribution is -1.99. The van der Waals surface area contributed by atoms with E-state index in [2.05, 4.69) is 15.3 Å². The fourth-order valence-corrected chi connectivity index (χ4v) is 4.15. The Morgan fingerprint density at radius 2 is 1.93 bits per heavy atom. The van der Waals surface area contributed by atoms with Gasteiger partial charge >= 0.3 is 0 Å². The summed E-state index contributed by atoms with van der Waals surface area (Å²) in [6, 6.07) is 10.5. The maximum Gasteiger partial charge on any atom is 0.271 e. The summed E-state index contributed by atoms with van der Waals surface area (Å²) in [5, 5.41) is 15.1. The predicted octanol–water partition coefficient (Wildman–Crippen LogP) is 5.47. The third-order valence-corrected chi connectivity index (χ3v) is 5.46. The zero-order valence-corrected chi connectivity index (χ0v) is 16.3. The number of rotatable bonds is 5. The van der Waals surface area contributed by atoms with E-state index in [4.69, 9.17) is 4.74 Å². The smallest absolute Gasteiger partial charge is 0.271 e. The molecule has 7 nitrogen and oxygen atoms in total. The van der Waals surface area contributed by atoms with Gasteiger partial charge < -0.3 is 10.1 Å². The van der Waals surface area contributed by atoms with Gasteiger partial charge in [0.05, 0.1) is 23.1 Å². The van der Waals surface area contributed by atoms with Gasteiger partial charge in [0.2, 0.25) is 0 Å². The van der Waals surface area contributed by atoms with Gasteiger partial charge in [-0.2, -0.15) is 0 Å². The van der Waals surface area contributed by atoms with Crippen LogP contribution in [0.2, 0.25) is 0 Å². The molecule has 0 amide bonds. The standard InChI is InChI=1S/C20H15FN4O3S/c1-11-17(12-3-5-13(21)6-4-12)18-19(22-10-23-20(18)29-11)24-15-9-14(25(26)27)7-8-16(15)28-2/h3-10H,1-2H3,(H,22,23,24). The van der Waals surface area contributed by atoms with E-state index in [1.807, 2.05) is 6.92 Å². The third kappa shape index (κ3) is 3.47.